The lowest BCUT2D eigenvalue weighted by atomic mass is 10.1. The minimum absolute atomic E-state index is 0.153. The molecule has 5 heteroatoms. The van der Waals surface area contributed by atoms with Crippen LogP contribution in [0.2, 0.25) is 0 Å². The molecular formula is C15H18FN3O. The van der Waals surface area contributed by atoms with Crippen LogP contribution in [0.25, 0.3) is 0 Å². The van der Waals surface area contributed by atoms with Gasteiger partial charge in [0, 0.05) is 32.6 Å². The van der Waals surface area contributed by atoms with Crippen LogP contribution in [0, 0.1) is 17.1 Å². The molecule has 1 aromatic rings. The third-order valence-corrected chi connectivity index (χ3v) is 3.64. The third-order valence-electron chi connectivity index (χ3n) is 3.64. The molecule has 0 aliphatic carbocycles. The van der Waals surface area contributed by atoms with Gasteiger partial charge in [-0.3, -0.25) is 9.69 Å². The summed E-state index contributed by atoms with van der Waals surface area (Å²) in [6.07, 6.45) is 0.514. The van der Waals surface area contributed by atoms with Crippen molar-refractivity contribution < 1.29 is 9.18 Å². The molecule has 1 atom stereocenters. The Morgan fingerprint density at radius 2 is 1.90 bits per heavy atom. The van der Waals surface area contributed by atoms with Gasteiger partial charge < -0.3 is 4.90 Å². The zero-order valence-corrected chi connectivity index (χ0v) is 11.6. The van der Waals surface area contributed by atoms with Crippen molar-refractivity contribution in [3.63, 3.8) is 0 Å². The summed E-state index contributed by atoms with van der Waals surface area (Å²) in [5.41, 5.74) is 0.796. The van der Waals surface area contributed by atoms with E-state index in [9.17, 15) is 14.4 Å². The van der Waals surface area contributed by atoms with E-state index >= 15 is 0 Å². The highest BCUT2D eigenvalue weighted by molar-refractivity contribution is 5.75. The van der Waals surface area contributed by atoms with Crippen molar-refractivity contribution in [1.29, 1.82) is 5.26 Å². The molecule has 2 rings (SSSR count). The van der Waals surface area contributed by atoms with Crippen molar-refractivity contribution in [1.82, 2.24) is 9.80 Å². The second kappa shape index (κ2) is 6.49. The lowest BCUT2D eigenvalue weighted by Gasteiger charge is -2.37. The van der Waals surface area contributed by atoms with E-state index in [-0.39, 0.29) is 17.8 Å². The second-order valence-corrected chi connectivity index (χ2v) is 4.85. The van der Waals surface area contributed by atoms with Crippen LogP contribution in [0.5, 0.6) is 0 Å². The maximum Gasteiger partial charge on any atom is 0.222 e. The second-order valence-electron chi connectivity index (χ2n) is 4.85. The molecule has 1 aromatic carbocycles. The van der Waals surface area contributed by atoms with Gasteiger partial charge in [0.1, 0.15) is 11.9 Å². The molecule has 0 radical (unpaired) electrons. The topological polar surface area (TPSA) is 47.3 Å². The number of nitriles is 1. The van der Waals surface area contributed by atoms with E-state index in [1.807, 2.05) is 16.7 Å². The van der Waals surface area contributed by atoms with Crippen LogP contribution in [0.3, 0.4) is 0 Å². The third kappa shape index (κ3) is 3.14. The Morgan fingerprint density at radius 1 is 1.30 bits per heavy atom. The fourth-order valence-electron chi connectivity index (χ4n) is 2.47. The Labute approximate surface area is 118 Å². The molecule has 0 spiro atoms. The molecular weight excluding hydrogens is 257 g/mol. The number of hydrogen-bond acceptors (Lipinski definition) is 3. The predicted octanol–water partition coefficient (Wildman–Crippen LogP) is 1.94. The summed E-state index contributed by atoms with van der Waals surface area (Å²) in [5.74, 6) is -0.149. The fourth-order valence-corrected chi connectivity index (χ4v) is 2.47. The average Bonchev–Trinajstić information content (AvgIpc) is 2.50. The van der Waals surface area contributed by atoms with Crippen LogP contribution >= 0.6 is 0 Å². The van der Waals surface area contributed by atoms with Crippen LogP contribution < -0.4 is 0 Å². The number of carbonyl (C=O) groups is 1. The van der Waals surface area contributed by atoms with Crippen molar-refractivity contribution in [3.8, 4) is 6.07 Å². The fraction of sp³-hybridized carbons (Fsp3) is 0.467. The van der Waals surface area contributed by atoms with E-state index in [0.717, 1.165) is 5.56 Å². The van der Waals surface area contributed by atoms with Gasteiger partial charge in [-0.1, -0.05) is 19.1 Å². The van der Waals surface area contributed by atoms with E-state index in [1.165, 1.54) is 12.1 Å². The van der Waals surface area contributed by atoms with E-state index in [0.29, 0.717) is 32.6 Å². The van der Waals surface area contributed by atoms with Crippen molar-refractivity contribution in [2.75, 3.05) is 26.2 Å². The molecule has 0 N–H and O–H groups in total. The highest BCUT2D eigenvalue weighted by Gasteiger charge is 2.26. The van der Waals surface area contributed by atoms with Crippen LogP contribution in [0.4, 0.5) is 4.39 Å². The van der Waals surface area contributed by atoms with Crippen LogP contribution in [-0.2, 0) is 4.79 Å². The highest BCUT2D eigenvalue weighted by Crippen LogP contribution is 2.22. The molecule has 1 amide bonds. The minimum atomic E-state index is -0.380. The van der Waals surface area contributed by atoms with Gasteiger partial charge in [-0.05, 0) is 17.7 Å². The molecule has 106 valence electrons. The molecule has 1 heterocycles. The van der Waals surface area contributed by atoms with Gasteiger partial charge in [-0.25, -0.2) is 4.39 Å². The number of hydrogen-bond donors (Lipinski definition) is 0. The van der Waals surface area contributed by atoms with Gasteiger partial charge in [-0.15, -0.1) is 0 Å². The summed E-state index contributed by atoms with van der Waals surface area (Å²) in [7, 11) is 0. The standard InChI is InChI=1S/C15H18FN3O/c1-2-15(20)19-9-7-18(8-10-19)14(11-17)12-3-5-13(16)6-4-12/h3-6,14H,2,7-10H2,1H3. The van der Waals surface area contributed by atoms with Crippen molar-refractivity contribution in [2.24, 2.45) is 0 Å². The highest BCUT2D eigenvalue weighted by atomic mass is 19.1. The Hall–Kier alpha value is -1.93. The average molecular weight is 275 g/mol. The molecule has 1 aliphatic rings. The van der Waals surface area contributed by atoms with Gasteiger partial charge in [0.05, 0.1) is 6.07 Å². The molecule has 1 saturated heterocycles. The van der Waals surface area contributed by atoms with Crippen LogP contribution in [0.1, 0.15) is 24.9 Å². The Bertz CT molecular complexity index is 501. The minimum Gasteiger partial charge on any atom is -0.340 e. The first-order valence-electron chi connectivity index (χ1n) is 6.82. The maximum atomic E-state index is 12.9. The zero-order valence-electron chi connectivity index (χ0n) is 11.6. The van der Waals surface area contributed by atoms with Gasteiger partial charge in [0.25, 0.3) is 0 Å². The van der Waals surface area contributed by atoms with Gasteiger partial charge in [0.2, 0.25) is 5.91 Å². The number of halogens is 1. The number of rotatable bonds is 3. The summed E-state index contributed by atoms with van der Waals surface area (Å²) in [6.45, 7) is 4.48. The van der Waals surface area contributed by atoms with Gasteiger partial charge in [0.15, 0.2) is 0 Å². The quantitative estimate of drug-likeness (QED) is 0.847. The monoisotopic (exact) mass is 275 g/mol. The normalized spacial score (nSPS) is 17.6. The van der Waals surface area contributed by atoms with Crippen molar-refractivity contribution in [3.05, 3.63) is 35.6 Å². The molecule has 1 unspecified atom stereocenters. The van der Waals surface area contributed by atoms with Gasteiger partial charge >= 0.3 is 0 Å². The lowest BCUT2D eigenvalue weighted by Crippen LogP contribution is -2.49. The smallest absolute Gasteiger partial charge is 0.222 e. The maximum absolute atomic E-state index is 12.9. The van der Waals surface area contributed by atoms with E-state index < -0.39 is 0 Å². The van der Waals surface area contributed by atoms with Crippen LogP contribution in [-0.4, -0.2) is 41.9 Å². The summed E-state index contributed by atoms with van der Waals surface area (Å²) in [4.78, 5) is 15.5. The summed E-state index contributed by atoms with van der Waals surface area (Å²) < 4.78 is 12.9. The molecule has 0 bridgehead atoms. The number of piperazine rings is 1. The van der Waals surface area contributed by atoms with Crippen molar-refractivity contribution in [2.45, 2.75) is 19.4 Å². The Morgan fingerprint density at radius 3 is 2.40 bits per heavy atom. The van der Waals surface area contributed by atoms with Gasteiger partial charge in [-0.2, -0.15) is 5.26 Å². The molecule has 20 heavy (non-hydrogen) atoms. The first-order chi connectivity index (χ1) is 9.65. The van der Waals surface area contributed by atoms with E-state index in [1.54, 1.807) is 12.1 Å². The summed E-state index contributed by atoms with van der Waals surface area (Å²) in [5, 5.41) is 9.36. The Balaban J connectivity index is 2.02. The number of nitrogens with zero attached hydrogens (tertiary/aromatic N) is 3. The zero-order chi connectivity index (χ0) is 14.5. The molecule has 0 saturated carbocycles. The first kappa shape index (κ1) is 14.5. The molecule has 1 aliphatic heterocycles. The molecule has 0 aromatic heterocycles. The van der Waals surface area contributed by atoms with Crippen LogP contribution in [0.15, 0.2) is 24.3 Å². The predicted molar refractivity (Wildman–Crippen MR) is 73.2 cm³/mol. The summed E-state index contributed by atoms with van der Waals surface area (Å²) >= 11 is 0. The first-order valence-corrected chi connectivity index (χ1v) is 6.82. The molecule has 4 nitrogen and oxygen atoms in total. The SMILES string of the molecule is CCC(=O)N1CCN(C(C#N)c2ccc(F)cc2)CC1. The molecule has 1 fully saturated rings. The van der Waals surface area contributed by atoms with E-state index in [2.05, 4.69) is 6.07 Å². The number of benzene rings is 1. The Kier molecular flexibility index (Phi) is 4.70. The largest absolute Gasteiger partial charge is 0.340 e. The number of carbonyl (C=O) groups excluding carboxylic acids is 1. The van der Waals surface area contributed by atoms with Crippen molar-refractivity contribution >= 4 is 5.91 Å². The van der Waals surface area contributed by atoms with E-state index in [4.69, 9.17) is 0 Å². The summed E-state index contributed by atoms with van der Waals surface area (Å²) in [6, 6.07) is 7.92. The number of amides is 1. The lowest BCUT2D eigenvalue weighted by molar-refractivity contribution is -0.132.